The summed E-state index contributed by atoms with van der Waals surface area (Å²) in [5.74, 6) is 0.0804. The van der Waals surface area contributed by atoms with Gasteiger partial charge >= 0.3 is 0 Å². The molecule has 5 nitrogen and oxygen atoms in total. The standard InChI is InChI=1S/C13H22N4O/c1-4-16-5-6-17(8-10(16)2)13(18)12-7-11(14)9-15(12)3/h7,9-10H,4-6,8,14H2,1-3H3. The average molecular weight is 250 g/mol. The van der Waals surface area contributed by atoms with Crippen molar-refractivity contribution in [2.24, 2.45) is 7.05 Å². The number of aromatic nitrogens is 1. The second-order valence-electron chi connectivity index (χ2n) is 5.00. The van der Waals surface area contributed by atoms with Crippen LogP contribution < -0.4 is 5.73 Å². The molecule has 0 saturated carbocycles. The number of piperazine rings is 1. The third-order valence-corrected chi connectivity index (χ3v) is 3.70. The predicted octanol–water partition coefficient (Wildman–Crippen LogP) is 0.773. The van der Waals surface area contributed by atoms with Crippen molar-refractivity contribution in [1.29, 1.82) is 0 Å². The Balaban J connectivity index is 2.09. The number of nitrogen functional groups attached to an aromatic ring is 1. The molecule has 0 aliphatic carbocycles. The fourth-order valence-corrected chi connectivity index (χ4v) is 2.61. The number of nitrogens with zero attached hydrogens (tertiary/aromatic N) is 3. The number of likely N-dealkylation sites (N-methyl/N-ethyl adjacent to an activating group) is 1. The van der Waals surface area contributed by atoms with E-state index in [4.69, 9.17) is 5.73 Å². The maximum atomic E-state index is 12.4. The molecule has 5 heteroatoms. The van der Waals surface area contributed by atoms with Crippen LogP contribution in [0.4, 0.5) is 5.69 Å². The monoisotopic (exact) mass is 250 g/mol. The number of aryl methyl sites for hydroxylation is 1. The lowest BCUT2D eigenvalue weighted by molar-refractivity contribution is 0.0520. The first-order chi connectivity index (χ1) is 8.52. The summed E-state index contributed by atoms with van der Waals surface area (Å²) < 4.78 is 1.80. The molecule has 1 aromatic heterocycles. The summed E-state index contributed by atoms with van der Waals surface area (Å²) in [6.07, 6.45) is 1.78. The number of rotatable bonds is 2. The number of nitrogens with two attached hydrogens (primary N) is 1. The predicted molar refractivity (Wildman–Crippen MR) is 72.4 cm³/mol. The maximum absolute atomic E-state index is 12.4. The molecule has 1 aromatic rings. The van der Waals surface area contributed by atoms with Gasteiger partial charge < -0.3 is 15.2 Å². The fraction of sp³-hybridized carbons (Fsp3) is 0.615. The summed E-state index contributed by atoms with van der Waals surface area (Å²) in [6.45, 7) is 7.90. The molecule has 18 heavy (non-hydrogen) atoms. The molecule has 1 amide bonds. The van der Waals surface area contributed by atoms with E-state index in [1.54, 1.807) is 16.8 Å². The maximum Gasteiger partial charge on any atom is 0.270 e. The van der Waals surface area contributed by atoms with Crippen LogP contribution in [0.15, 0.2) is 12.3 Å². The number of carbonyl (C=O) groups is 1. The van der Waals surface area contributed by atoms with Gasteiger partial charge in [0.1, 0.15) is 5.69 Å². The van der Waals surface area contributed by atoms with Crippen LogP contribution in [0.3, 0.4) is 0 Å². The molecule has 1 atom stereocenters. The molecular weight excluding hydrogens is 228 g/mol. The normalized spacial score (nSPS) is 21.3. The molecule has 2 heterocycles. The molecule has 0 bridgehead atoms. The van der Waals surface area contributed by atoms with Gasteiger partial charge in [-0.3, -0.25) is 9.69 Å². The lowest BCUT2D eigenvalue weighted by Gasteiger charge is -2.39. The van der Waals surface area contributed by atoms with E-state index in [0.717, 1.165) is 26.2 Å². The van der Waals surface area contributed by atoms with Crippen LogP contribution in [0.25, 0.3) is 0 Å². The Bertz CT molecular complexity index is 440. The first-order valence-corrected chi connectivity index (χ1v) is 6.48. The van der Waals surface area contributed by atoms with Gasteiger partial charge in [0.2, 0.25) is 0 Å². The van der Waals surface area contributed by atoms with Crippen LogP contribution in [-0.2, 0) is 7.05 Å². The van der Waals surface area contributed by atoms with Gasteiger partial charge in [0.05, 0.1) is 5.69 Å². The molecule has 100 valence electrons. The Labute approximate surface area is 108 Å². The van der Waals surface area contributed by atoms with Gasteiger partial charge in [-0.15, -0.1) is 0 Å². The number of anilines is 1. The quantitative estimate of drug-likeness (QED) is 0.843. The lowest BCUT2D eigenvalue weighted by atomic mass is 10.2. The highest BCUT2D eigenvalue weighted by Gasteiger charge is 2.27. The highest BCUT2D eigenvalue weighted by Crippen LogP contribution is 2.15. The molecule has 1 unspecified atom stereocenters. The second-order valence-corrected chi connectivity index (χ2v) is 5.00. The summed E-state index contributed by atoms with van der Waals surface area (Å²) in [4.78, 5) is 16.7. The minimum atomic E-state index is 0.0804. The van der Waals surface area contributed by atoms with Crippen molar-refractivity contribution in [3.63, 3.8) is 0 Å². The van der Waals surface area contributed by atoms with Crippen molar-refractivity contribution in [2.75, 3.05) is 31.9 Å². The zero-order valence-electron chi connectivity index (χ0n) is 11.4. The Morgan fingerprint density at radius 1 is 1.50 bits per heavy atom. The largest absolute Gasteiger partial charge is 0.397 e. The van der Waals surface area contributed by atoms with Crippen LogP contribution >= 0.6 is 0 Å². The smallest absolute Gasteiger partial charge is 0.270 e. The van der Waals surface area contributed by atoms with Gasteiger partial charge in [-0.1, -0.05) is 6.92 Å². The number of hydrogen-bond acceptors (Lipinski definition) is 3. The van der Waals surface area contributed by atoms with Crippen LogP contribution in [0, 0.1) is 0 Å². The first-order valence-electron chi connectivity index (χ1n) is 6.48. The van der Waals surface area contributed by atoms with Crippen molar-refractivity contribution in [3.05, 3.63) is 18.0 Å². The van der Waals surface area contributed by atoms with Gasteiger partial charge in [0, 0.05) is 38.9 Å². The summed E-state index contributed by atoms with van der Waals surface area (Å²) in [5, 5.41) is 0. The van der Waals surface area contributed by atoms with E-state index in [0.29, 0.717) is 17.4 Å². The molecule has 0 spiro atoms. The van der Waals surface area contributed by atoms with Gasteiger partial charge in [-0.05, 0) is 19.5 Å². The highest BCUT2D eigenvalue weighted by atomic mass is 16.2. The summed E-state index contributed by atoms with van der Waals surface area (Å²) in [5.41, 5.74) is 7.03. The molecule has 2 rings (SSSR count). The van der Waals surface area contributed by atoms with Crippen molar-refractivity contribution < 1.29 is 4.79 Å². The minimum absolute atomic E-state index is 0.0804. The molecule has 1 saturated heterocycles. The Morgan fingerprint density at radius 2 is 2.22 bits per heavy atom. The van der Waals surface area contributed by atoms with Crippen LogP contribution in [-0.4, -0.2) is 52.5 Å². The van der Waals surface area contributed by atoms with Crippen molar-refractivity contribution in [2.45, 2.75) is 19.9 Å². The molecule has 2 N–H and O–H groups in total. The molecule has 0 radical (unpaired) electrons. The summed E-state index contributed by atoms with van der Waals surface area (Å²) in [7, 11) is 1.86. The number of carbonyl (C=O) groups excluding carboxylic acids is 1. The van der Waals surface area contributed by atoms with Gasteiger partial charge in [0.15, 0.2) is 0 Å². The van der Waals surface area contributed by atoms with E-state index >= 15 is 0 Å². The Kier molecular flexibility index (Phi) is 3.61. The zero-order chi connectivity index (χ0) is 13.3. The minimum Gasteiger partial charge on any atom is -0.397 e. The van der Waals surface area contributed by atoms with E-state index < -0.39 is 0 Å². The topological polar surface area (TPSA) is 54.5 Å². The first kappa shape index (κ1) is 13.0. The van der Waals surface area contributed by atoms with E-state index in [-0.39, 0.29) is 5.91 Å². The fourth-order valence-electron chi connectivity index (χ4n) is 2.61. The zero-order valence-corrected chi connectivity index (χ0v) is 11.4. The van der Waals surface area contributed by atoms with E-state index in [1.165, 1.54) is 0 Å². The third-order valence-electron chi connectivity index (χ3n) is 3.70. The van der Waals surface area contributed by atoms with Gasteiger partial charge in [-0.25, -0.2) is 0 Å². The average Bonchev–Trinajstić information content (AvgIpc) is 2.67. The van der Waals surface area contributed by atoms with Gasteiger partial charge in [0.25, 0.3) is 5.91 Å². The van der Waals surface area contributed by atoms with Crippen LogP contribution in [0.5, 0.6) is 0 Å². The molecular formula is C13H22N4O. The van der Waals surface area contributed by atoms with Crippen LogP contribution in [0.1, 0.15) is 24.3 Å². The number of amides is 1. The summed E-state index contributed by atoms with van der Waals surface area (Å²) in [6, 6.07) is 2.17. The lowest BCUT2D eigenvalue weighted by Crippen LogP contribution is -2.53. The summed E-state index contributed by atoms with van der Waals surface area (Å²) >= 11 is 0. The molecule has 1 aliphatic heterocycles. The van der Waals surface area contributed by atoms with E-state index in [2.05, 4.69) is 18.7 Å². The molecule has 1 aliphatic rings. The van der Waals surface area contributed by atoms with Crippen molar-refractivity contribution >= 4 is 11.6 Å². The molecule has 0 aromatic carbocycles. The Hall–Kier alpha value is -1.49. The third kappa shape index (κ3) is 2.36. The SMILES string of the molecule is CCN1CCN(C(=O)c2cc(N)cn2C)CC1C. The van der Waals surface area contributed by atoms with Crippen molar-refractivity contribution in [1.82, 2.24) is 14.4 Å². The Morgan fingerprint density at radius 3 is 2.72 bits per heavy atom. The van der Waals surface area contributed by atoms with Crippen LogP contribution in [0.2, 0.25) is 0 Å². The van der Waals surface area contributed by atoms with E-state index in [9.17, 15) is 4.79 Å². The van der Waals surface area contributed by atoms with Crippen molar-refractivity contribution in [3.8, 4) is 0 Å². The second kappa shape index (κ2) is 5.02. The highest BCUT2D eigenvalue weighted by molar-refractivity contribution is 5.93. The van der Waals surface area contributed by atoms with E-state index in [1.807, 2.05) is 11.9 Å². The number of hydrogen-bond donors (Lipinski definition) is 1. The van der Waals surface area contributed by atoms with Gasteiger partial charge in [-0.2, -0.15) is 0 Å². The molecule has 1 fully saturated rings.